The summed E-state index contributed by atoms with van der Waals surface area (Å²) >= 11 is 2.25. The minimum absolute atomic E-state index is 0.164. The van der Waals surface area contributed by atoms with E-state index in [1.165, 1.54) is 22.8 Å². The minimum Gasteiger partial charge on any atom is -0.322 e. The highest BCUT2D eigenvalue weighted by Crippen LogP contribution is 2.33. The van der Waals surface area contributed by atoms with E-state index in [1.807, 2.05) is 42.5 Å². The number of benzene rings is 3. The van der Waals surface area contributed by atoms with Crippen LogP contribution in [0.15, 0.2) is 115 Å². The molecule has 0 unspecified atom stereocenters. The highest BCUT2D eigenvalue weighted by Gasteiger charge is 2.32. The molecule has 0 saturated heterocycles. The van der Waals surface area contributed by atoms with Crippen molar-refractivity contribution in [1.82, 2.24) is 14.5 Å². The van der Waals surface area contributed by atoms with Gasteiger partial charge in [0.05, 0.1) is 26.8 Å². The van der Waals surface area contributed by atoms with E-state index in [4.69, 9.17) is 4.99 Å². The highest BCUT2D eigenvalue weighted by atomic mass is 32.2. The molecule has 3 aromatic carbocycles. The first kappa shape index (κ1) is 32.5. The van der Waals surface area contributed by atoms with Gasteiger partial charge in [0.15, 0.2) is 9.96 Å². The molecule has 1 atom stereocenters. The molecule has 13 heteroatoms. The number of hydrogen-bond acceptors (Lipinski definition) is 9. The summed E-state index contributed by atoms with van der Waals surface area (Å²) in [6.07, 6.45) is 1.58. The lowest BCUT2D eigenvalue weighted by Crippen LogP contribution is -2.40. The molecule has 11 nitrogen and oxygen atoms in total. The van der Waals surface area contributed by atoms with Gasteiger partial charge in [0.1, 0.15) is 0 Å². The van der Waals surface area contributed by atoms with E-state index in [2.05, 4.69) is 29.1 Å². The summed E-state index contributed by atoms with van der Waals surface area (Å²) in [6, 6.07) is 21.8. The summed E-state index contributed by atoms with van der Waals surface area (Å²) in [7, 11) is 0. The van der Waals surface area contributed by atoms with Crippen molar-refractivity contribution >= 4 is 46.5 Å². The number of hydrogen-bond donors (Lipinski definition) is 2. The zero-order chi connectivity index (χ0) is 34.1. The van der Waals surface area contributed by atoms with Crippen molar-refractivity contribution in [3.05, 3.63) is 153 Å². The van der Waals surface area contributed by atoms with Crippen LogP contribution < -0.4 is 25.8 Å². The lowest BCUT2D eigenvalue weighted by Gasteiger charge is -2.25. The molecule has 0 radical (unpaired) electrons. The molecule has 0 aliphatic carbocycles. The summed E-state index contributed by atoms with van der Waals surface area (Å²) in [5.74, 6) is -0.0966. The standard InChI is InChI=1S/C35H30N6O5S2/c1-19(2)22-10-12-23(13-11-22)31-30(32(43)38-25-8-6-5-7-9-25)21(4)37-35-40(31)33(44)28(48-35)18-24-17-26(41(45)46)14-15-27(24)47-34-36-20(3)16-29(42)39-34/h5-19,31H,1-4H3,(H,38,43)(H,36,39,42)/b28-18+/t31-/m0/s1. The third-order valence-corrected chi connectivity index (χ3v) is 9.72. The molecule has 242 valence electrons. The summed E-state index contributed by atoms with van der Waals surface area (Å²) in [6.45, 7) is 7.62. The number of carbonyl (C=O) groups excluding carboxylic acids is 1. The van der Waals surface area contributed by atoms with Gasteiger partial charge in [0.25, 0.3) is 22.7 Å². The fraction of sp³-hybridized carbons (Fsp3) is 0.171. The zero-order valence-electron chi connectivity index (χ0n) is 26.4. The van der Waals surface area contributed by atoms with Crippen LogP contribution in [0.3, 0.4) is 0 Å². The van der Waals surface area contributed by atoms with Gasteiger partial charge in [-0.15, -0.1) is 0 Å². The average Bonchev–Trinajstić information content (AvgIpc) is 3.34. The Morgan fingerprint density at radius 3 is 2.46 bits per heavy atom. The van der Waals surface area contributed by atoms with E-state index in [-0.39, 0.29) is 27.6 Å². The average molecular weight is 679 g/mol. The van der Waals surface area contributed by atoms with Gasteiger partial charge in [-0.3, -0.25) is 29.1 Å². The Hall–Kier alpha value is -5.40. The van der Waals surface area contributed by atoms with Gasteiger partial charge >= 0.3 is 0 Å². The molecular weight excluding hydrogens is 649 g/mol. The number of nitrogens with zero attached hydrogens (tertiary/aromatic N) is 4. The number of fused-ring (bicyclic) bond motifs is 1. The van der Waals surface area contributed by atoms with E-state index in [9.17, 15) is 24.5 Å². The number of nitro benzene ring substituents is 1. The van der Waals surface area contributed by atoms with Crippen molar-refractivity contribution in [2.24, 2.45) is 4.99 Å². The van der Waals surface area contributed by atoms with Crippen LogP contribution in [0.2, 0.25) is 0 Å². The number of allylic oxidation sites excluding steroid dienone is 1. The first-order chi connectivity index (χ1) is 23.0. The number of non-ortho nitro benzene ring substituents is 1. The van der Waals surface area contributed by atoms with Gasteiger partial charge in [-0.05, 0) is 60.7 Å². The van der Waals surface area contributed by atoms with Crippen LogP contribution in [0.1, 0.15) is 55.1 Å². The number of H-pyrrole nitrogens is 1. The summed E-state index contributed by atoms with van der Waals surface area (Å²) in [5.41, 5.74) is 3.26. The van der Waals surface area contributed by atoms with Crippen molar-refractivity contribution in [2.75, 3.05) is 5.32 Å². The van der Waals surface area contributed by atoms with Crippen LogP contribution in [-0.2, 0) is 4.79 Å². The van der Waals surface area contributed by atoms with Crippen LogP contribution in [0.4, 0.5) is 11.4 Å². The molecule has 0 saturated carbocycles. The van der Waals surface area contributed by atoms with E-state index >= 15 is 0 Å². The fourth-order valence-electron chi connectivity index (χ4n) is 5.41. The van der Waals surface area contributed by atoms with Crippen molar-refractivity contribution in [3.8, 4) is 0 Å². The smallest absolute Gasteiger partial charge is 0.271 e. The molecule has 1 aliphatic heterocycles. The number of anilines is 1. The highest BCUT2D eigenvalue weighted by molar-refractivity contribution is 7.99. The largest absolute Gasteiger partial charge is 0.322 e. The van der Waals surface area contributed by atoms with Crippen molar-refractivity contribution in [1.29, 1.82) is 0 Å². The van der Waals surface area contributed by atoms with Gasteiger partial charge in [-0.1, -0.05) is 79.4 Å². The first-order valence-electron chi connectivity index (χ1n) is 15.0. The maximum absolute atomic E-state index is 14.3. The maximum atomic E-state index is 14.3. The second kappa shape index (κ2) is 13.4. The lowest BCUT2D eigenvalue weighted by atomic mass is 9.93. The third-order valence-electron chi connectivity index (χ3n) is 7.76. The predicted octanol–water partition coefficient (Wildman–Crippen LogP) is 5.45. The number of aryl methyl sites for hydroxylation is 1. The normalized spacial score (nSPS) is 14.5. The second-order valence-electron chi connectivity index (χ2n) is 11.5. The quantitative estimate of drug-likeness (QED) is 0.126. The summed E-state index contributed by atoms with van der Waals surface area (Å²) in [4.78, 5) is 64.2. The van der Waals surface area contributed by atoms with Gasteiger partial charge in [-0.2, -0.15) is 0 Å². The molecule has 2 aromatic heterocycles. The SMILES string of the molecule is CC1=C(C(=O)Nc2ccccc2)[C@H](c2ccc(C(C)C)cc2)n2c(s/c(=C/c3cc([N+](=O)[O-])ccc3Sc3nc(C)cc(=O)[nH]3)c2=O)=N1. The number of amides is 1. The first-order valence-corrected chi connectivity index (χ1v) is 16.6. The van der Waals surface area contributed by atoms with Crippen LogP contribution in [0.25, 0.3) is 6.08 Å². The number of para-hydroxylation sites is 1. The Bertz CT molecular complexity index is 2340. The molecule has 0 spiro atoms. The Labute approximate surface area is 282 Å². The third kappa shape index (κ3) is 6.68. The molecule has 0 bridgehead atoms. The Morgan fingerprint density at radius 2 is 1.79 bits per heavy atom. The molecule has 5 aromatic rings. The molecule has 2 N–H and O–H groups in total. The number of carbonyl (C=O) groups is 1. The van der Waals surface area contributed by atoms with Crippen molar-refractivity contribution in [2.45, 2.75) is 49.7 Å². The lowest BCUT2D eigenvalue weighted by molar-refractivity contribution is -0.384. The van der Waals surface area contributed by atoms with Crippen molar-refractivity contribution < 1.29 is 9.72 Å². The van der Waals surface area contributed by atoms with Gasteiger partial charge in [0.2, 0.25) is 0 Å². The topological polar surface area (TPSA) is 152 Å². The van der Waals surface area contributed by atoms with Crippen LogP contribution in [0.5, 0.6) is 0 Å². The molecule has 3 heterocycles. The summed E-state index contributed by atoms with van der Waals surface area (Å²) in [5, 5.41) is 15.0. The number of aromatic nitrogens is 3. The van der Waals surface area contributed by atoms with E-state index < -0.39 is 16.5 Å². The number of thiazole rings is 1. The monoisotopic (exact) mass is 678 g/mol. The van der Waals surface area contributed by atoms with Crippen LogP contribution >= 0.6 is 23.1 Å². The maximum Gasteiger partial charge on any atom is 0.271 e. The van der Waals surface area contributed by atoms with E-state index in [0.29, 0.717) is 43.1 Å². The Balaban J connectivity index is 1.51. The summed E-state index contributed by atoms with van der Waals surface area (Å²) < 4.78 is 1.78. The second-order valence-corrected chi connectivity index (χ2v) is 13.5. The van der Waals surface area contributed by atoms with E-state index in [0.717, 1.165) is 34.2 Å². The number of nitrogens with one attached hydrogen (secondary N) is 2. The van der Waals surface area contributed by atoms with Crippen LogP contribution in [0, 0.1) is 17.0 Å². The number of aromatic amines is 1. The predicted molar refractivity (Wildman–Crippen MR) is 186 cm³/mol. The Kier molecular flexibility index (Phi) is 9.07. The molecule has 1 aliphatic rings. The minimum atomic E-state index is -0.783. The van der Waals surface area contributed by atoms with Gasteiger partial charge in [0, 0.05) is 34.5 Å². The Morgan fingerprint density at radius 1 is 1.06 bits per heavy atom. The van der Waals surface area contributed by atoms with Gasteiger partial charge < -0.3 is 10.3 Å². The van der Waals surface area contributed by atoms with Crippen molar-refractivity contribution in [3.63, 3.8) is 0 Å². The molecule has 6 rings (SSSR count). The number of rotatable bonds is 8. The molecular formula is C35H30N6O5S2. The zero-order valence-corrected chi connectivity index (χ0v) is 28.0. The molecule has 0 fully saturated rings. The fourth-order valence-corrected chi connectivity index (χ4v) is 7.37. The van der Waals surface area contributed by atoms with Gasteiger partial charge in [-0.25, -0.2) is 9.98 Å². The van der Waals surface area contributed by atoms with Crippen LogP contribution in [-0.4, -0.2) is 25.4 Å². The molecule has 48 heavy (non-hydrogen) atoms. The van der Waals surface area contributed by atoms with E-state index in [1.54, 1.807) is 38.1 Å². The number of nitro groups is 1. The molecule has 1 amide bonds.